The van der Waals surface area contributed by atoms with E-state index in [9.17, 15) is 9.59 Å². The number of imidazole rings is 1. The average Bonchev–Trinajstić information content (AvgIpc) is 2.34. The lowest BCUT2D eigenvalue weighted by molar-refractivity contribution is 0.429. The van der Waals surface area contributed by atoms with Crippen LogP contribution in [-0.2, 0) is 18.4 Å². The summed E-state index contributed by atoms with van der Waals surface area (Å²) in [5.41, 5.74) is -0.335. The summed E-state index contributed by atoms with van der Waals surface area (Å²) in [7, 11) is 1.46. The summed E-state index contributed by atoms with van der Waals surface area (Å²) in [6.45, 7) is 0.454. The maximum atomic E-state index is 11.2. The van der Waals surface area contributed by atoms with E-state index in [-0.39, 0.29) is 24.7 Å². The van der Waals surface area contributed by atoms with Crippen LogP contribution in [0.25, 0.3) is 0 Å². The topological polar surface area (TPSA) is 76.6 Å². The number of rotatable bonds is 3. The number of isocyanates is 1. The first-order valence-electron chi connectivity index (χ1n) is 3.65. The molecule has 0 saturated heterocycles. The minimum Gasteiger partial charge on any atom is -0.493 e. The Balaban J connectivity index is 2.84. The Morgan fingerprint density at radius 1 is 1.69 bits per heavy atom. The van der Waals surface area contributed by atoms with Gasteiger partial charge in [-0.25, -0.2) is 14.6 Å². The van der Waals surface area contributed by atoms with Gasteiger partial charge in [0, 0.05) is 13.6 Å². The summed E-state index contributed by atoms with van der Waals surface area (Å²) in [6, 6.07) is 0. The molecule has 0 aliphatic carbocycles. The summed E-state index contributed by atoms with van der Waals surface area (Å²) in [6.07, 6.45) is 2.66. The molecule has 1 rings (SSSR count). The zero-order valence-electron chi connectivity index (χ0n) is 7.10. The van der Waals surface area contributed by atoms with Crippen LogP contribution in [0.4, 0.5) is 0 Å². The minimum absolute atomic E-state index is 0.111. The SMILES string of the molecule is Cn1c(O)cn(CCN=C=O)c1=O. The average molecular weight is 183 g/mol. The van der Waals surface area contributed by atoms with Gasteiger partial charge in [0.15, 0.2) is 0 Å². The van der Waals surface area contributed by atoms with Crippen LogP contribution in [0, 0.1) is 0 Å². The molecule has 0 bridgehead atoms. The van der Waals surface area contributed by atoms with Crippen LogP contribution in [0.15, 0.2) is 16.0 Å². The van der Waals surface area contributed by atoms with Gasteiger partial charge < -0.3 is 5.11 Å². The molecule has 6 heteroatoms. The van der Waals surface area contributed by atoms with Crippen molar-refractivity contribution < 1.29 is 9.90 Å². The van der Waals surface area contributed by atoms with E-state index in [1.54, 1.807) is 0 Å². The summed E-state index contributed by atoms with van der Waals surface area (Å²) in [4.78, 5) is 24.2. The molecule has 0 saturated carbocycles. The van der Waals surface area contributed by atoms with Gasteiger partial charge in [0.2, 0.25) is 12.0 Å². The predicted octanol–water partition coefficient (Wildman–Crippen LogP) is -0.772. The summed E-state index contributed by atoms with van der Waals surface area (Å²) >= 11 is 0. The van der Waals surface area contributed by atoms with E-state index in [1.165, 1.54) is 23.9 Å². The van der Waals surface area contributed by atoms with Crippen molar-refractivity contribution in [3.63, 3.8) is 0 Å². The van der Waals surface area contributed by atoms with Crippen molar-refractivity contribution in [2.24, 2.45) is 12.0 Å². The first kappa shape index (κ1) is 9.28. The molecule has 0 atom stereocenters. The molecule has 0 aliphatic heterocycles. The van der Waals surface area contributed by atoms with Crippen LogP contribution in [0.3, 0.4) is 0 Å². The first-order valence-corrected chi connectivity index (χ1v) is 3.65. The number of aliphatic imine (C=N–C) groups is 1. The van der Waals surface area contributed by atoms with Gasteiger partial charge in [-0.3, -0.25) is 9.13 Å². The van der Waals surface area contributed by atoms with Crippen molar-refractivity contribution in [2.75, 3.05) is 6.54 Å². The third-order valence-corrected chi connectivity index (χ3v) is 1.66. The molecule has 0 radical (unpaired) electrons. The van der Waals surface area contributed by atoms with Gasteiger partial charge in [-0.15, -0.1) is 0 Å². The van der Waals surface area contributed by atoms with Crippen molar-refractivity contribution in [1.29, 1.82) is 0 Å². The highest BCUT2D eigenvalue weighted by Crippen LogP contribution is 2.01. The number of hydrogen-bond acceptors (Lipinski definition) is 4. The summed E-state index contributed by atoms with van der Waals surface area (Å²) in [5.74, 6) is -0.111. The van der Waals surface area contributed by atoms with Crippen molar-refractivity contribution >= 4 is 6.08 Å². The maximum absolute atomic E-state index is 11.2. The Morgan fingerprint density at radius 2 is 2.38 bits per heavy atom. The largest absolute Gasteiger partial charge is 0.493 e. The van der Waals surface area contributed by atoms with Crippen molar-refractivity contribution in [1.82, 2.24) is 9.13 Å². The van der Waals surface area contributed by atoms with Crippen LogP contribution in [0.5, 0.6) is 5.88 Å². The smallest absolute Gasteiger partial charge is 0.330 e. The van der Waals surface area contributed by atoms with Gasteiger partial charge in [0.25, 0.3) is 0 Å². The minimum atomic E-state index is -0.335. The second-order valence-corrected chi connectivity index (χ2v) is 2.50. The summed E-state index contributed by atoms with van der Waals surface area (Å²) < 4.78 is 2.38. The van der Waals surface area contributed by atoms with E-state index in [0.29, 0.717) is 0 Å². The third-order valence-electron chi connectivity index (χ3n) is 1.66. The van der Waals surface area contributed by atoms with Crippen LogP contribution in [0.1, 0.15) is 0 Å². The van der Waals surface area contributed by atoms with Gasteiger partial charge >= 0.3 is 5.69 Å². The van der Waals surface area contributed by atoms with E-state index < -0.39 is 0 Å². The lowest BCUT2D eigenvalue weighted by Crippen LogP contribution is -2.22. The van der Waals surface area contributed by atoms with Crippen LogP contribution in [0.2, 0.25) is 0 Å². The van der Waals surface area contributed by atoms with E-state index in [2.05, 4.69) is 4.99 Å². The van der Waals surface area contributed by atoms with Gasteiger partial charge in [-0.2, -0.15) is 0 Å². The highest BCUT2D eigenvalue weighted by Gasteiger charge is 2.04. The number of carbonyl (C=O) groups excluding carboxylic acids is 1. The molecule has 0 unspecified atom stereocenters. The van der Waals surface area contributed by atoms with Crippen LogP contribution >= 0.6 is 0 Å². The number of aromatic nitrogens is 2. The second-order valence-electron chi connectivity index (χ2n) is 2.50. The van der Waals surface area contributed by atoms with Crippen molar-refractivity contribution in [3.8, 4) is 5.88 Å². The van der Waals surface area contributed by atoms with Gasteiger partial charge in [-0.1, -0.05) is 0 Å². The molecule has 1 aromatic heterocycles. The van der Waals surface area contributed by atoms with Gasteiger partial charge in [0.05, 0.1) is 12.7 Å². The van der Waals surface area contributed by atoms with E-state index in [1.807, 2.05) is 0 Å². The Morgan fingerprint density at radius 3 is 2.85 bits per heavy atom. The lowest BCUT2D eigenvalue weighted by Gasteiger charge is -1.93. The number of aromatic hydroxyl groups is 1. The second kappa shape index (κ2) is 3.73. The Bertz CT molecular complexity index is 398. The van der Waals surface area contributed by atoms with Crippen molar-refractivity contribution in [3.05, 3.63) is 16.7 Å². The van der Waals surface area contributed by atoms with Gasteiger partial charge in [-0.05, 0) is 0 Å². The van der Waals surface area contributed by atoms with Crippen LogP contribution in [-0.4, -0.2) is 26.9 Å². The monoisotopic (exact) mass is 183 g/mol. The first-order chi connectivity index (χ1) is 6.16. The predicted molar refractivity (Wildman–Crippen MR) is 44.3 cm³/mol. The quantitative estimate of drug-likeness (QED) is 0.493. The highest BCUT2D eigenvalue weighted by atomic mass is 16.3. The standard InChI is InChI=1S/C7H9N3O3/c1-9-6(12)4-10(7(9)13)3-2-8-5-11/h4,12H,2-3H2,1H3. The molecule has 0 fully saturated rings. The molecule has 0 amide bonds. The molecule has 0 aliphatic rings. The van der Waals surface area contributed by atoms with E-state index >= 15 is 0 Å². The molecular weight excluding hydrogens is 174 g/mol. The molecule has 13 heavy (non-hydrogen) atoms. The van der Waals surface area contributed by atoms with Crippen LogP contribution < -0.4 is 5.69 Å². The fourth-order valence-corrected chi connectivity index (χ4v) is 0.935. The van der Waals surface area contributed by atoms with E-state index in [4.69, 9.17) is 5.11 Å². The number of nitrogens with zero attached hydrogens (tertiary/aromatic N) is 3. The maximum Gasteiger partial charge on any atom is 0.330 e. The summed E-state index contributed by atoms with van der Waals surface area (Å²) in [5, 5.41) is 9.11. The number of hydrogen-bond donors (Lipinski definition) is 1. The Hall–Kier alpha value is -1.81. The highest BCUT2D eigenvalue weighted by molar-refractivity contribution is 5.32. The zero-order valence-corrected chi connectivity index (χ0v) is 7.10. The fraction of sp³-hybridized carbons (Fsp3) is 0.429. The Labute approximate surface area is 73.8 Å². The molecule has 70 valence electrons. The third kappa shape index (κ3) is 1.86. The normalized spacial score (nSPS) is 9.62. The lowest BCUT2D eigenvalue weighted by atomic mass is 10.6. The Kier molecular flexibility index (Phi) is 2.66. The molecule has 6 nitrogen and oxygen atoms in total. The molecule has 0 aromatic carbocycles. The molecular formula is C7H9N3O3. The molecule has 1 heterocycles. The van der Waals surface area contributed by atoms with E-state index in [0.717, 1.165) is 4.57 Å². The zero-order chi connectivity index (χ0) is 9.84. The fourth-order valence-electron chi connectivity index (χ4n) is 0.935. The molecule has 0 spiro atoms. The van der Waals surface area contributed by atoms with Gasteiger partial charge in [0.1, 0.15) is 0 Å². The molecule has 1 N–H and O–H groups in total. The van der Waals surface area contributed by atoms with Crippen molar-refractivity contribution in [2.45, 2.75) is 6.54 Å². The molecule has 1 aromatic rings.